The molecule has 9 heteroatoms. The van der Waals surface area contributed by atoms with E-state index in [0.717, 1.165) is 0 Å². The van der Waals surface area contributed by atoms with Crippen LogP contribution in [0, 0.1) is 13.8 Å². The fourth-order valence-electron chi connectivity index (χ4n) is 1.70. The molecule has 4 N–H and O–H groups in total. The van der Waals surface area contributed by atoms with Crippen LogP contribution in [0.25, 0.3) is 0 Å². The summed E-state index contributed by atoms with van der Waals surface area (Å²) in [7, 11) is -3.69. The predicted octanol–water partition coefficient (Wildman–Crippen LogP) is -0.0483. The maximum Gasteiger partial charge on any atom is 0.244 e. The van der Waals surface area contributed by atoms with Crippen LogP contribution in [-0.2, 0) is 23.1 Å². The van der Waals surface area contributed by atoms with Crippen molar-refractivity contribution in [2.45, 2.75) is 31.8 Å². The molecule has 0 aliphatic carbocycles. The summed E-state index contributed by atoms with van der Waals surface area (Å²) in [6.45, 7) is 3.45. The smallest absolute Gasteiger partial charge is 0.244 e. The van der Waals surface area contributed by atoms with Gasteiger partial charge in [0.05, 0.1) is 23.6 Å². The standard InChI is InChI=1S/C10H15N5O3S/c1-6-3-8(18-15-6)5-12-19(16,17)10-7(2)13-14-9(10)4-11/h3,12H,4-5,11H2,1-2H3,(H,13,14). The first-order chi connectivity index (χ1) is 8.94. The van der Waals surface area contributed by atoms with Crippen LogP contribution in [0.2, 0.25) is 0 Å². The predicted molar refractivity (Wildman–Crippen MR) is 66.5 cm³/mol. The van der Waals surface area contributed by atoms with Crippen LogP contribution in [0.3, 0.4) is 0 Å². The highest BCUT2D eigenvalue weighted by Gasteiger charge is 2.23. The second-order valence-corrected chi connectivity index (χ2v) is 5.79. The zero-order valence-corrected chi connectivity index (χ0v) is 11.4. The van der Waals surface area contributed by atoms with E-state index in [2.05, 4.69) is 20.1 Å². The molecule has 0 atom stereocenters. The summed E-state index contributed by atoms with van der Waals surface area (Å²) in [5.41, 5.74) is 6.91. The number of aromatic nitrogens is 3. The Kier molecular flexibility index (Phi) is 3.69. The topological polar surface area (TPSA) is 127 Å². The van der Waals surface area contributed by atoms with E-state index < -0.39 is 10.0 Å². The Morgan fingerprint density at radius 3 is 2.79 bits per heavy atom. The van der Waals surface area contributed by atoms with Crippen LogP contribution >= 0.6 is 0 Å². The van der Waals surface area contributed by atoms with E-state index >= 15 is 0 Å². The molecule has 2 aromatic heterocycles. The summed E-state index contributed by atoms with van der Waals surface area (Å²) < 4.78 is 31.7. The molecule has 0 bridgehead atoms. The highest BCUT2D eigenvalue weighted by molar-refractivity contribution is 7.89. The number of aryl methyl sites for hydroxylation is 2. The summed E-state index contributed by atoms with van der Waals surface area (Å²) in [6, 6.07) is 1.66. The molecule has 0 saturated heterocycles. The quantitative estimate of drug-likeness (QED) is 0.707. The molecular weight excluding hydrogens is 270 g/mol. The third kappa shape index (κ3) is 2.83. The molecule has 2 aromatic rings. The average Bonchev–Trinajstić information content (AvgIpc) is 2.93. The lowest BCUT2D eigenvalue weighted by molar-refractivity contribution is 0.377. The lowest BCUT2D eigenvalue weighted by atomic mass is 10.4. The van der Waals surface area contributed by atoms with Gasteiger partial charge >= 0.3 is 0 Å². The largest absolute Gasteiger partial charge is 0.360 e. The number of nitrogens with two attached hydrogens (primary N) is 1. The van der Waals surface area contributed by atoms with Crippen molar-refractivity contribution in [1.29, 1.82) is 0 Å². The van der Waals surface area contributed by atoms with Gasteiger partial charge in [0.15, 0.2) is 5.76 Å². The minimum atomic E-state index is -3.69. The van der Waals surface area contributed by atoms with Crippen molar-refractivity contribution in [2.75, 3.05) is 0 Å². The third-order valence-corrected chi connectivity index (χ3v) is 4.14. The van der Waals surface area contributed by atoms with Crippen LogP contribution in [0.15, 0.2) is 15.5 Å². The van der Waals surface area contributed by atoms with Crippen molar-refractivity contribution in [2.24, 2.45) is 5.73 Å². The first-order valence-electron chi connectivity index (χ1n) is 5.60. The molecule has 0 aliphatic rings. The Hall–Kier alpha value is -1.71. The van der Waals surface area contributed by atoms with Gasteiger partial charge in [-0.05, 0) is 13.8 Å². The number of hydrogen-bond acceptors (Lipinski definition) is 6. The molecular formula is C10H15N5O3S. The average molecular weight is 285 g/mol. The number of H-pyrrole nitrogens is 1. The molecule has 0 unspecified atom stereocenters. The summed E-state index contributed by atoms with van der Waals surface area (Å²) >= 11 is 0. The molecule has 2 rings (SSSR count). The van der Waals surface area contributed by atoms with E-state index in [-0.39, 0.29) is 18.0 Å². The van der Waals surface area contributed by atoms with Crippen LogP contribution < -0.4 is 10.5 Å². The molecule has 0 saturated carbocycles. The zero-order chi connectivity index (χ0) is 14.0. The fourth-order valence-corrected chi connectivity index (χ4v) is 3.07. The van der Waals surface area contributed by atoms with Gasteiger partial charge in [0.1, 0.15) is 4.90 Å². The summed E-state index contributed by atoms with van der Waals surface area (Å²) in [6.07, 6.45) is 0. The van der Waals surface area contributed by atoms with Crippen LogP contribution in [-0.4, -0.2) is 23.8 Å². The maximum atomic E-state index is 12.2. The van der Waals surface area contributed by atoms with Crippen molar-refractivity contribution >= 4 is 10.0 Å². The van der Waals surface area contributed by atoms with Gasteiger partial charge in [0.2, 0.25) is 10.0 Å². The Balaban J connectivity index is 2.20. The number of hydrogen-bond donors (Lipinski definition) is 3. The van der Waals surface area contributed by atoms with Gasteiger partial charge in [0.25, 0.3) is 0 Å². The van der Waals surface area contributed by atoms with Crippen molar-refractivity contribution in [1.82, 2.24) is 20.1 Å². The highest BCUT2D eigenvalue weighted by atomic mass is 32.2. The monoisotopic (exact) mass is 285 g/mol. The van der Waals surface area contributed by atoms with Gasteiger partial charge in [-0.2, -0.15) is 5.10 Å². The summed E-state index contributed by atoms with van der Waals surface area (Å²) in [4.78, 5) is 0.0891. The lowest BCUT2D eigenvalue weighted by Crippen LogP contribution is -2.24. The second-order valence-electron chi connectivity index (χ2n) is 4.09. The number of nitrogens with zero attached hydrogens (tertiary/aromatic N) is 2. The third-order valence-electron chi connectivity index (χ3n) is 2.54. The highest BCUT2D eigenvalue weighted by Crippen LogP contribution is 2.17. The Morgan fingerprint density at radius 1 is 1.47 bits per heavy atom. The van der Waals surface area contributed by atoms with Gasteiger partial charge in [-0.15, -0.1) is 0 Å². The number of sulfonamides is 1. The molecule has 0 aromatic carbocycles. The molecule has 2 heterocycles. The molecule has 8 nitrogen and oxygen atoms in total. The van der Waals surface area contributed by atoms with E-state index in [1.807, 2.05) is 0 Å². The van der Waals surface area contributed by atoms with Gasteiger partial charge in [-0.3, -0.25) is 5.10 Å². The van der Waals surface area contributed by atoms with Crippen LogP contribution in [0.5, 0.6) is 0 Å². The molecule has 0 amide bonds. The van der Waals surface area contributed by atoms with E-state index in [9.17, 15) is 8.42 Å². The summed E-state index contributed by atoms with van der Waals surface area (Å²) in [5.74, 6) is 0.441. The number of nitrogens with one attached hydrogen (secondary N) is 2. The maximum absolute atomic E-state index is 12.2. The first kappa shape index (κ1) is 13.7. The second kappa shape index (κ2) is 5.11. The van der Waals surface area contributed by atoms with Crippen molar-refractivity contribution < 1.29 is 12.9 Å². The van der Waals surface area contributed by atoms with Gasteiger partial charge in [-0.1, -0.05) is 5.16 Å². The van der Waals surface area contributed by atoms with E-state index in [4.69, 9.17) is 10.3 Å². The van der Waals surface area contributed by atoms with Crippen molar-refractivity contribution in [3.63, 3.8) is 0 Å². The van der Waals surface area contributed by atoms with Gasteiger partial charge in [0, 0.05) is 12.6 Å². The Bertz CT molecular complexity index is 673. The molecule has 0 spiro atoms. The van der Waals surface area contributed by atoms with Crippen LogP contribution in [0.1, 0.15) is 22.8 Å². The Labute approximate surface area is 110 Å². The summed E-state index contributed by atoms with van der Waals surface area (Å²) in [5, 5.41) is 10.1. The number of rotatable bonds is 5. The number of aromatic amines is 1. The SMILES string of the molecule is Cc1cc(CNS(=O)(=O)c2c(CN)n[nH]c2C)on1. The molecule has 0 aliphatic heterocycles. The molecule has 0 radical (unpaired) electrons. The lowest BCUT2D eigenvalue weighted by Gasteiger charge is -2.05. The normalized spacial score (nSPS) is 11.9. The van der Waals surface area contributed by atoms with Gasteiger partial charge < -0.3 is 10.3 Å². The van der Waals surface area contributed by atoms with Crippen LogP contribution in [0.4, 0.5) is 0 Å². The first-order valence-corrected chi connectivity index (χ1v) is 7.08. The minimum absolute atomic E-state index is 0.0256. The molecule has 0 fully saturated rings. The van der Waals surface area contributed by atoms with Crippen molar-refractivity contribution in [3.05, 3.63) is 28.9 Å². The zero-order valence-electron chi connectivity index (χ0n) is 10.6. The van der Waals surface area contributed by atoms with E-state index in [0.29, 0.717) is 22.8 Å². The van der Waals surface area contributed by atoms with E-state index in [1.54, 1.807) is 19.9 Å². The molecule has 104 valence electrons. The molecule has 19 heavy (non-hydrogen) atoms. The Morgan fingerprint density at radius 2 is 2.21 bits per heavy atom. The van der Waals surface area contributed by atoms with Gasteiger partial charge in [-0.25, -0.2) is 13.1 Å². The van der Waals surface area contributed by atoms with Crippen molar-refractivity contribution in [3.8, 4) is 0 Å². The minimum Gasteiger partial charge on any atom is -0.360 e. The van der Waals surface area contributed by atoms with E-state index in [1.165, 1.54) is 0 Å². The fraction of sp³-hybridized carbons (Fsp3) is 0.400.